The third-order valence-electron chi connectivity index (χ3n) is 4.33. The molecule has 1 N–H and O–H groups in total. The number of hydrogen-bond acceptors (Lipinski definition) is 4. The molecule has 136 valence electrons. The van der Waals surface area contributed by atoms with Crippen LogP contribution >= 0.6 is 0 Å². The predicted octanol–water partition coefficient (Wildman–Crippen LogP) is 3.16. The fourth-order valence-corrected chi connectivity index (χ4v) is 2.83. The van der Waals surface area contributed by atoms with Crippen molar-refractivity contribution in [1.29, 1.82) is 0 Å². The Kier molecular flexibility index (Phi) is 6.04. The number of nitrogens with zero attached hydrogens (tertiary/aromatic N) is 3. The van der Waals surface area contributed by atoms with Crippen molar-refractivity contribution in [3.8, 4) is 5.75 Å². The van der Waals surface area contributed by atoms with E-state index in [4.69, 9.17) is 4.74 Å². The molecule has 1 atom stereocenters. The van der Waals surface area contributed by atoms with Gasteiger partial charge in [0.25, 0.3) is 0 Å². The second-order valence-electron chi connectivity index (χ2n) is 6.51. The molecule has 26 heavy (non-hydrogen) atoms. The highest BCUT2D eigenvalue weighted by Crippen LogP contribution is 2.17. The number of imidazole rings is 1. The third-order valence-corrected chi connectivity index (χ3v) is 4.33. The molecule has 0 bridgehead atoms. The number of aryl methyl sites for hydroxylation is 1. The molecule has 0 aliphatic rings. The first-order valence-electron chi connectivity index (χ1n) is 8.71. The molecule has 0 spiro atoms. The molecule has 0 radical (unpaired) electrons. The van der Waals surface area contributed by atoms with Gasteiger partial charge in [-0.1, -0.05) is 42.5 Å². The molecule has 3 rings (SSSR count). The van der Waals surface area contributed by atoms with Crippen LogP contribution in [0.5, 0.6) is 5.75 Å². The van der Waals surface area contributed by atoms with Crippen LogP contribution in [0.15, 0.2) is 67.0 Å². The minimum absolute atomic E-state index is 0.450. The van der Waals surface area contributed by atoms with Gasteiger partial charge < -0.3 is 14.4 Å². The summed E-state index contributed by atoms with van der Waals surface area (Å²) in [7, 11) is 3.96. The maximum Gasteiger partial charge on any atom is 0.146 e. The summed E-state index contributed by atoms with van der Waals surface area (Å²) in [4.78, 5) is 6.36. The van der Waals surface area contributed by atoms with Gasteiger partial charge in [0.15, 0.2) is 0 Å². The van der Waals surface area contributed by atoms with Crippen molar-refractivity contribution in [1.82, 2.24) is 14.5 Å². The summed E-state index contributed by atoms with van der Waals surface area (Å²) < 4.78 is 7.72. The van der Waals surface area contributed by atoms with Crippen molar-refractivity contribution in [3.05, 3.63) is 83.9 Å². The van der Waals surface area contributed by atoms with E-state index in [1.165, 1.54) is 5.56 Å². The molecule has 5 nitrogen and oxygen atoms in total. The van der Waals surface area contributed by atoms with Gasteiger partial charge in [0.1, 0.15) is 18.2 Å². The topological polar surface area (TPSA) is 50.5 Å². The smallest absolute Gasteiger partial charge is 0.146 e. The van der Waals surface area contributed by atoms with Crippen LogP contribution in [0.3, 0.4) is 0 Å². The van der Waals surface area contributed by atoms with Crippen LogP contribution < -0.4 is 4.74 Å². The number of benzene rings is 2. The number of aliphatic hydroxyl groups is 1. The van der Waals surface area contributed by atoms with E-state index in [1.807, 2.05) is 67.3 Å². The van der Waals surface area contributed by atoms with E-state index in [-0.39, 0.29) is 0 Å². The van der Waals surface area contributed by atoms with Gasteiger partial charge in [-0.25, -0.2) is 4.98 Å². The van der Waals surface area contributed by atoms with E-state index < -0.39 is 6.10 Å². The Labute approximate surface area is 154 Å². The van der Waals surface area contributed by atoms with Gasteiger partial charge in [-0.3, -0.25) is 4.90 Å². The maximum atomic E-state index is 10.3. The number of rotatable bonds is 8. The van der Waals surface area contributed by atoms with Gasteiger partial charge >= 0.3 is 0 Å². The monoisotopic (exact) mass is 351 g/mol. The van der Waals surface area contributed by atoms with Crippen molar-refractivity contribution in [2.24, 2.45) is 7.05 Å². The van der Waals surface area contributed by atoms with E-state index in [9.17, 15) is 5.11 Å². The van der Waals surface area contributed by atoms with Crippen LogP contribution in [0.1, 0.15) is 23.1 Å². The SMILES string of the molecule is CN(Cc1ccc(OCc2nccn2C)cc1)C[C@@H](O)c1ccccc1. The molecular formula is C21H25N3O2. The van der Waals surface area contributed by atoms with Gasteiger partial charge in [0.05, 0.1) is 6.10 Å². The first-order chi connectivity index (χ1) is 12.6. The van der Waals surface area contributed by atoms with Gasteiger partial charge in [-0.05, 0) is 30.3 Å². The van der Waals surface area contributed by atoms with Crippen molar-refractivity contribution in [2.45, 2.75) is 19.3 Å². The average molecular weight is 351 g/mol. The highest BCUT2D eigenvalue weighted by molar-refractivity contribution is 5.27. The van der Waals surface area contributed by atoms with E-state index >= 15 is 0 Å². The van der Waals surface area contributed by atoms with Crippen LogP contribution in [0, 0.1) is 0 Å². The largest absolute Gasteiger partial charge is 0.486 e. The Balaban J connectivity index is 1.49. The number of ether oxygens (including phenoxy) is 1. The zero-order chi connectivity index (χ0) is 18.4. The van der Waals surface area contributed by atoms with Gasteiger partial charge in [0.2, 0.25) is 0 Å². The standard InChI is InChI=1S/C21H25N3O2/c1-23(15-20(25)18-6-4-3-5-7-18)14-17-8-10-19(11-9-17)26-16-21-22-12-13-24(21)2/h3-13,20,25H,14-16H2,1-2H3/t20-/m1/s1. The molecule has 0 aliphatic heterocycles. The minimum Gasteiger partial charge on any atom is -0.486 e. The van der Waals surface area contributed by atoms with Crippen LogP contribution in [-0.4, -0.2) is 33.1 Å². The van der Waals surface area contributed by atoms with Crippen LogP contribution in [0.2, 0.25) is 0 Å². The van der Waals surface area contributed by atoms with Gasteiger partial charge in [-0.15, -0.1) is 0 Å². The van der Waals surface area contributed by atoms with Crippen molar-refractivity contribution < 1.29 is 9.84 Å². The third kappa shape index (κ3) is 4.94. The lowest BCUT2D eigenvalue weighted by molar-refractivity contribution is 0.124. The normalized spacial score (nSPS) is 12.3. The lowest BCUT2D eigenvalue weighted by atomic mass is 10.1. The molecule has 1 heterocycles. The van der Waals surface area contributed by atoms with E-state index in [2.05, 4.69) is 22.0 Å². The van der Waals surface area contributed by atoms with Gasteiger partial charge in [0, 0.05) is 32.5 Å². The quantitative estimate of drug-likeness (QED) is 0.677. The molecular weight excluding hydrogens is 326 g/mol. The Morgan fingerprint density at radius 3 is 2.50 bits per heavy atom. The molecule has 2 aromatic carbocycles. The summed E-state index contributed by atoms with van der Waals surface area (Å²) >= 11 is 0. The molecule has 0 saturated carbocycles. The van der Waals surface area contributed by atoms with Crippen LogP contribution in [-0.2, 0) is 20.2 Å². The zero-order valence-corrected chi connectivity index (χ0v) is 15.2. The second kappa shape index (κ2) is 8.65. The van der Waals surface area contributed by atoms with Crippen molar-refractivity contribution in [3.63, 3.8) is 0 Å². The Morgan fingerprint density at radius 2 is 1.85 bits per heavy atom. The fourth-order valence-electron chi connectivity index (χ4n) is 2.83. The maximum absolute atomic E-state index is 10.3. The fraction of sp³-hybridized carbons (Fsp3) is 0.286. The minimum atomic E-state index is -0.485. The van der Waals surface area contributed by atoms with E-state index in [0.717, 1.165) is 23.7 Å². The van der Waals surface area contributed by atoms with E-state index in [1.54, 1.807) is 6.20 Å². The molecule has 0 aliphatic carbocycles. The molecule has 0 fully saturated rings. The van der Waals surface area contributed by atoms with Gasteiger partial charge in [-0.2, -0.15) is 0 Å². The predicted molar refractivity (Wildman–Crippen MR) is 102 cm³/mol. The number of aliphatic hydroxyl groups excluding tert-OH is 1. The number of aromatic nitrogens is 2. The first kappa shape index (κ1) is 18.2. The lowest BCUT2D eigenvalue weighted by Crippen LogP contribution is -2.24. The summed E-state index contributed by atoms with van der Waals surface area (Å²) in [5, 5.41) is 10.3. The van der Waals surface area contributed by atoms with Crippen molar-refractivity contribution >= 4 is 0 Å². The van der Waals surface area contributed by atoms with E-state index in [0.29, 0.717) is 13.2 Å². The average Bonchev–Trinajstić information content (AvgIpc) is 3.06. The summed E-state index contributed by atoms with van der Waals surface area (Å²) in [6.07, 6.45) is 3.18. The lowest BCUT2D eigenvalue weighted by Gasteiger charge is -2.21. The molecule has 0 saturated heterocycles. The van der Waals surface area contributed by atoms with Crippen LogP contribution in [0.4, 0.5) is 0 Å². The molecule has 3 aromatic rings. The number of hydrogen-bond donors (Lipinski definition) is 1. The summed E-state index contributed by atoms with van der Waals surface area (Å²) in [6, 6.07) is 17.8. The first-order valence-corrected chi connectivity index (χ1v) is 8.71. The summed E-state index contributed by atoms with van der Waals surface area (Å²) in [5.41, 5.74) is 2.12. The highest BCUT2D eigenvalue weighted by atomic mass is 16.5. The van der Waals surface area contributed by atoms with Crippen LogP contribution in [0.25, 0.3) is 0 Å². The van der Waals surface area contributed by atoms with Crippen molar-refractivity contribution in [2.75, 3.05) is 13.6 Å². The Hall–Kier alpha value is -2.63. The highest BCUT2D eigenvalue weighted by Gasteiger charge is 2.10. The molecule has 5 heteroatoms. The molecule has 0 unspecified atom stereocenters. The Bertz CT molecular complexity index is 800. The summed E-state index contributed by atoms with van der Waals surface area (Å²) in [6.45, 7) is 1.80. The number of likely N-dealkylation sites (N-methyl/N-ethyl adjacent to an activating group) is 1. The molecule has 0 amide bonds. The second-order valence-corrected chi connectivity index (χ2v) is 6.51. The molecule has 1 aromatic heterocycles. The zero-order valence-electron chi connectivity index (χ0n) is 15.2. The Morgan fingerprint density at radius 1 is 1.12 bits per heavy atom. The summed E-state index contributed by atoms with van der Waals surface area (Å²) in [5.74, 6) is 1.72.